The first kappa shape index (κ1) is 16.4. The third kappa shape index (κ3) is 4.76. The highest BCUT2D eigenvalue weighted by molar-refractivity contribution is 9.10. The number of halogens is 4. The van der Waals surface area contributed by atoms with E-state index in [9.17, 15) is 18.3 Å². The monoisotopic (exact) mass is 376 g/mol. The van der Waals surface area contributed by atoms with Crippen LogP contribution in [0.3, 0.4) is 0 Å². The molecule has 0 saturated carbocycles. The second-order valence-corrected chi connectivity index (χ2v) is 6.42. The zero-order valence-corrected chi connectivity index (χ0v) is 13.2. The molecular weight excluding hydrogens is 365 g/mol. The van der Waals surface area contributed by atoms with Crippen molar-refractivity contribution in [2.75, 3.05) is 5.75 Å². The third-order valence-corrected chi connectivity index (χ3v) is 4.37. The summed E-state index contributed by atoms with van der Waals surface area (Å²) in [6, 6.07) is 12.3. The van der Waals surface area contributed by atoms with Gasteiger partial charge in [-0.05, 0) is 35.9 Å². The molecule has 1 unspecified atom stereocenters. The molecule has 2 aromatic rings. The number of aliphatic hydroxyl groups is 1. The molecule has 1 N–H and O–H groups in total. The van der Waals surface area contributed by atoms with Crippen LogP contribution in [0.15, 0.2) is 57.9 Å². The van der Waals surface area contributed by atoms with Crippen LogP contribution < -0.4 is 0 Å². The first-order chi connectivity index (χ1) is 9.86. The van der Waals surface area contributed by atoms with Crippen molar-refractivity contribution in [2.45, 2.75) is 17.2 Å². The zero-order valence-electron chi connectivity index (χ0n) is 10.8. The minimum Gasteiger partial charge on any atom is -0.388 e. The summed E-state index contributed by atoms with van der Waals surface area (Å²) in [5, 5.41) is 10.0. The van der Waals surface area contributed by atoms with Crippen LogP contribution in [0.1, 0.15) is 17.2 Å². The van der Waals surface area contributed by atoms with E-state index in [1.54, 1.807) is 0 Å². The Bertz CT molecular complexity index is 616. The van der Waals surface area contributed by atoms with Crippen LogP contribution in [0, 0.1) is 0 Å². The van der Waals surface area contributed by atoms with Crippen molar-refractivity contribution in [1.82, 2.24) is 0 Å². The fourth-order valence-corrected chi connectivity index (χ4v) is 3.23. The molecule has 2 aromatic carbocycles. The van der Waals surface area contributed by atoms with Gasteiger partial charge in [-0.1, -0.05) is 34.1 Å². The molecule has 0 aliphatic rings. The summed E-state index contributed by atoms with van der Waals surface area (Å²) in [6.45, 7) is 0. The molecule has 0 aromatic heterocycles. The van der Waals surface area contributed by atoms with Gasteiger partial charge >= 0.3 is 6.18 Å². The van der Waals surface area contributed by atoms with Crippen molar-refractivity contribution >= 4 is 27.7 Å². The molecule has 0 aliphatic heterocycles. The van der Waals surface area contributed by atoms with Crippen LogP contribution in [-0.4, -0.2) is 10.9 Å². The van der Waals surface area contributed by atoms with E-state index in [2.05, 4.69) is 15.9 Å². The topological polar surface area (TPSA) is 20.2 Å². The minimum atomic E-state index is -4.40. The molecule has 112 valence electrons. The number of hydrogen-bond acceptors (Lipinski definition) is 2. The van der Waals surface area contributed by atoms with E-state index in [1.165, 1.54) is 23.9 Å². The molecule has 0 fully saturated rings. The van der Waals surface area contributed by atoms with Gasteiger partial charge in [0, 0.05) is 15.1 Å². The van der Waals surface area contributed by atoms with Crippen LogP contribution in [0.25, 0.3) is 0 Å². The van der Waals surface area contributed by atoms with Gasteiger partial charge in [0.2, 0.25) is 0 Å². The lowest BCUT2D eigenvalue weighted by molar-refractivity contribution is -0.137. The lowest BCUT2D eigenvalue weighted by Crippen LogP contribution is -2.07. The highest BCUT2D eigenvalue weighted by Crippen LogP contribution is 2.32. The molecule has 0 heterocycles. The van der Waals surface area contributed by atoms with Gasteiger partial charge in [-0.15, -0.1) is 11.8 Å². The van der Waals surface area contributed by atoms with Crippen molar-refractivity contribution in [3.8, 4) is 0 Å². The largest absolute Gasteiger partial charge is 0.416 e. The number of benzene rings is 2. The predicted molar refractivity (Wildman–Crippen MR) is 81.3 cm³/mol. The SMILES string of the molecule is OC(CSc1cccc(Br)c1)c1cccc(C(F)(F)F)c1. The molecular formula is C15H12BrF3OS. The molecule has 1 nitrogen and oxygen atoms in total. The number of rotatable bonds is 4. The summed E-state index contributed by atoms with van der Waals surface area (Å²) in [6.07, 6.45) is -5.34. The van der Waals surface area contributed by atoms with Crippen LogP contribution >= 0.6 is 27.7 Å². The quantitative estimate of drug-likeness (QED) is 0.731. The number of thioether (sulfide) groups is 1. The van der Waals surface area contributed by atoms with E-state index in [4.69, 9.17) is 0 Å². The molecule has 0 amide bonds. The summed E-state index contributed by atoms with van der Waals surface area (Å²) in [5.41, 5.74) is -0.473. The van der Waals surface area contributed by atoms with Crippen molar-refractivity contribution < 1.29 is 18.3 Å². The number of alkyl halides is 3. The van der Waals surface area contributed by atoms with Crippen molar-refractivity contribution in [3.63, 3.8) is 0 Å². The standard InChI is InChI=1S/C15H12BrF3OS/c16-12-5-2-6-13(8-12)21-9-14(20)10-3-1-4-11(7-10)15(17,18)19/h1-8,14,20H,9H2. The molecule has 2 rings (SSSR count). The summed E-state index contributed by atoms with van der Waals surface area (Å²) in [7, 11) is 0. The van der Waals surface area contributed by atoms with Crippen molar-refractivity contribution in [1.29, 1.82) is 0 Å². The van der Waals surface area contributed by atoms with E-state index in [0.717, 1.165) is 21.5 Å². The number of hydrogen-bond donors (Lipinski definition) is 1. The van der Waals surface area contributed by atoms with Crippen LogP contribution in [0.2, 0.25) is 0 Å². The lowest BCUT2D eigenvalue weighted by atomic mass is 10.1. The Morgan fingerprint density at radius 3 is 2.48 bits per heavy atom. The van der Waals surface area contributed by atoms with Gasteiger partial charge in [0.1, 0.15) is 0 Å². The van der Waals surface area contributed by atoms with E-state index >= 15 is 0 Å². The Hall–Kier alpha value is -0.980. The van der Waals surface area contributed by atoms with Gasteiger partial charge in [0.05, 0.1) is 11.7 Å². The Morgan fingerprint density at radius 2 is 1.81 bits per heavy atom. The number of aliphatic hydroxyl groups excluding tert-OH is 1. The zero-order chi connectivity index (χ0) is 15.5. The first-order valence-electron chi connectivity index (χ1n) is 6.10. The molecule has 0 aliphatic carbocycles. The molecule has 0 radical (unpaired) electrons. The summed E-state index contributed by atoms with van der Waals surface area (Å²) >= 11 is 4.73. The van der Waals surface area contributed by atoms with Gasteiger partial charge in [0.25, 0.3) is 0 Å². The maximum absolute atomic E-state index is 12.6. The molecule has 0 spiro atoms. The van der Waals surface area contributed by atoms with Gasteiger partial charge in [-0.3, -0.25) is 0 Å². The van der Waals surface area contributed by atoms with E-state index < -0.39 is 17.8 Å². The van der Waals surface area contributed by atoms with E-state index in [1.807, 2.05) is 24.3 Å². The first-order valence-corrected chi connectivity index (χ1v) is 7.88. The Balaban J connectivity index is 2.05. The van der Waals surface area contributed by atoms with E-state index in [0.29, 0.717) is 0 Å². The van der Waals surface area contributed by atoms with Gasteiger partial charge in [-0.25, -0.2) is 0 Å². The average molecular weight is 377 g/mol. The molecule has 6 heteroatoms. The van der Waals surface area contributed by atoms with Gasteiger partial charge in [-0.2, -0.15) is 13.2 Å². The second kappa shape index (κ2) is 6.85. The summed E-state index contributed by atoms with van der Waals surface area (Å²) in [5.74, 6) is 0.289. The maximum atomic E-state index is 12.6. The van der Waals surface area contributed by atoms with Crippen LogP contribution in [0.5, 0.6) is 0 Å². The molecule has 0 bridgehead atoms. The van der Waals surface area contributed by atoms with Crippen LogP contribution in [-0.2, 0) is 6.18 Å². The summed E-state index contributed by atoms with van der Waals surface area (Å²) in [4.78, 5) is 0.940. The van der Waals surface area contributed by atoms with Crippen molar-refractivity contribution in [2.24, 2.45) is 0 Å². The second-order valence-electron chi connectivity index (χ2n) is 4.41. The van der Waals surface area contributed by atoms with Gasteiger partial charge in [0.15, 0.2) is 0 Å². The van der Waals surface area contributed by atoms with Crippen LogP contribution in [0.4, 0.5) is 13.2 Å². The minimum absolute atomic E-state index is 0.271. The molecule has 1 atom stereocenters. The van der Waals surface area contributed by atoms with E-state index in [-0.39, 0.29) is 11.3 Å². The molecule has 0 saturated heterocycles. The predicted octanol–water partition coefficient (Wildman–Crippen LogP) is 5.29. The lowest BCUT2D eigenvalue weighted by Gasteiger charge is -2.13. The van der Waals surface area contributed by atoms with Gasteiger partial charge < -0.3 is 5.11 Å². The Kier molecular flexibility index (Phi) is 5.35. The Labute approximate surface area is 133 Å². The average Bonchev–Trinajstić information content (AvgIpc) is 2.44. The highest BCUT2D eigenvalue weighted by atomic mass is 79.9. The fraction of sp³-hybridized carbons (Fsp3) is 0.200. The fourth-order valence-electron chi connectivity index (χ4n) is 1.75. The maximum Gasteiger partial charge on any atom is 0.416 e. The third-order valence-electron chi connectivity index (χ3n) is 2.80. The smallest absolute Gasteiger partial charge is 0.388 e. The molecule has 21 heavy (non-hydrogen) atoms. The highest BCUT2D eigenvalue weighted by Gasteiger charge is 2.30. The van der Waals surface area contributed by atoms with Crippen molar-refractivity contribution in [3.05, 3.63) is 64.1 Å². The Morgan fingerprint density at radius 1 is 1.10 bits per heavy atom. The normalized spacial score (nSPS) is 13.2. The summed E-state index contributed by atoms with van der Waals surface area (Å²) < 4.78 is 38.8.